The average Bonchev–Trinajstić information content (AvgIpc) is 2.33. The number of hydrogen-bond donors (Lipinski definition) is 0. The Balaban J connectivity index is 1.79. The van der Waals surface area contributed by atoms with Crippen LogP contribution in [0.3, 0.4) is 0 Å². The van der Waals surface area contributed by atoms with Gasteiger partial charge in [-0.3, -0.25) is 14.8 Å². The van der Waals surface area contributed by atoms with Gasteiger partial charge in [0.2, 0.25) is 0 Å². The molecule has 0 unspecified atom stereocenters. The molecule has 2 heterocycles. The molecular weight excluding hydrogens is 255 g/mol. The quantitative estimate of drug-likeness (QED) is 0.840. The maximum absolute atomic E-state index is 12.3. The summed E-state index contributed by atoms with van der Waals surface area (Å²) in [5.74, 6) is 0. The summed E-state index contributed by atoms with van der Waals surface area (Å²) >= 11 is 0. The maximum atomic E-state index is 12.3. The number of pyridine rings is 1. The Hall–Kier alpha value is -1.14. The summed E-state index contributed by atoms with van der Waals surface area (Å²) < 4.78 is 36.8. The monoisotopic (exact) mass is 273 g/mol. The van der Waals surface area contributed by atoms with Crippen molar-refractivity contribution in [1.82, 2.24) is 14.8 Å². The van der Waals surface area contributed by atoms with Crippen LogP contribution in [0.25, 0.3) is 0 Å². The number of aromatic nitrogens is 1. The molecule has 1 aliphatic heterocycles. The molecule has 1 aromatic rings. The van der Waals surface area contributed by atoms with Crippen molar-refractivity contribution in [2.45, 2.75) is 19.6 Å². The summed E-state index contributed by atoms with van der Waals surface area (Å²) in [4.78, 5) is 7.85. The summed E-state index contributed by atoms with van der Waals surface area (Å²) in [5, 5.41) is 0. The summed E-state index contributed by atoms with van der Waals surface area (Å²) in [6.45, 7) is 4.17. The fourth-order valence-electron chi connectivity index (χ4n) is 2.21. The second-order valence-electron chi connectivity index (χ2n) is 4.98. The minimum atomic E-state index is -4.09. The van der Waals surface area contributed by atoms with Gasteiger partial charge in [-0.1, -0.05) is 6.07 Å². The van der Waals surface area contributed by atoms with E-state index >= 15 is 0 Å². The number of piperazine rings is 1. The fraction of sp³-hybridized carbons (Fsp3) is 0.615. The number of halogens is 3. The molecule has 0 atom stereocenters. The first-order valence-corrected chi connectivity index (χ1v) is 6.35. The highest BCUT2D eigenvalue weighted by atomic mass is 19.4. The molecule has 0 spiro atoms. The molecule has 1 saturated heterocycles. The largest absolute Gasteiger partial charge is 0.401 e. The topological polar surface area (TPSA) is 19.4 Å². The van der Waals surface area contributed by atoms with E-state index in [0.29, 0.717) is 26.2 Å². The lowest BCUT2D eigenvalue weighted by Gasteiger charge is -2.34. The predicted molar refractivity (Wildman–Crippen MR) is 66.7 cm³/mol. The molecular formula is C13H18F3N3. The van der Waals surface area contributed by atoms with Crippen molar-refractivity contribution in [3.05, 3.63) is 29.6 Å². The molecule has 0 N–H and O–H groups in total. The van der Waals surface area contributed by atoms with Crippen molar-refractivity contribution in [3.63, 3.8) is 0 Å². The maximum Gasteiger partial charge on any atom is 0.401 e. The van der Waals surface area contributed by atoms with E-state index in [1.165, 1.54) is 4.90 Å². The number of hydrogen-bond acceptors (Lipinski definition) is 3. The summed E-state index contributed by atoms with van der Waals surface area (Å²) in [7, 11) is 0. The molecule has 106 valence electrons. The van der Waals surface area contributed by atoms with Crippen LogP contribution in [-0.2, 0) is 6.54 Å². The van der Waals surface area contributed by atoms with Crippen LogP contribution >= 0.6 is 0 Å². The van der Waals surface area contributed by atoms with E-state index in [-0.39, 0.29) is 0 Å². The molecule has 0 radical (unpaired) electrons. The van der Waals surface area contributed by atoms with Crippen LogP contribution in [0.4, 0.5) is 13.2 Å². The molecule has 19 heavy (non-hydrogen) atoms. The highest BCUT2D eigenvalue weighted by Gasteiger charge is 2.32. The third kappa shape index (κ3) is 4.80. The highest BCUT2D eigenvalue weighted by molar-refractivity contribution is 5.13. The minimum Gasteiger partial charge on any atom is -0.296 e. The minimum absolute atomic E-state index is 0.471. The van der Waals surface area contributed by atoms with Crippen molar-refractivity contribution in [3.8, 4) is 0 Å². The third-order valence-electron chi connectivity index (χ3n) is 3.25. The Morgan fingerprint density at radius 2 is 1.74 bits per heavy atom. The first-order valence-electron chi connectivity index (χ1n) is 6.35. The van der Waals surface area contributed by atoms with Gasteiger partial charge in [0.1, 0.15) is 0 Å². The van der Waals surface area contributed by atoms with Gasteiger partial charge in [0.25, 0.3) is 0 Å². The zero-order valence-corrected chi connectivity index (χ0v) is 11.0. The Morgan fingerprint density at radius 1 is 1.11 bits per heavy atom. The third-order valence-corrected chi connectivity index (χ3v) is 3.25. The van der Waals surface area contributed by atoms with E-state index in [2.05, 4.69) is 9.88 Å². The van der Waals surface area contributed by atoms with Crippen LogP contribution in [0.5, 0.6) is 0 Å². The van der Waals surface area contributed by atoms with Crippen LogP contribution in [0.1, 0.15) is 11.3 Å². The van der Waals surface area contributed by atoms with Gasteiger partial charge in [0.15, 0.2) is 0 Å². The van der Waals surface area contributed by atoms with Crippen molar-refractivity contribution < 1.29 is 13.2 Å². The van der Waals surface area contributed by atoms with E-state index in [1.807, 2.05) is 25.3 Å². The van der Waals surface area contributed by atoms with Gasteiger partial charge in [-0.25, -0.2) is 0 Å². The zero-order valence-electron chi connectivity index (χ0n) is 11.0. The van der Waals surface area contributed by atoms with E-state index < -0.39 is 12.7 Å². The van der Waals surface area contributed by atoms with Gasteiger partial charge in [0.05, 0.1) is 6.54 Å². The van der Waals surface area contributed by atoms with Gasteiger partial charge in [0, 0.05) is 44.6 Å². The van der Waals surface area contributed by atoms with Crippen LogP contribution in [-0.4, -0.2) is 53.7 Å². The SMILES string of the molecule is Cc1ccc(CN2CCN(CC(F)(F)F)CC2)cn1. The summed E-state index contributed by atoms with van der Waals surface area (Å²) in [5.41, 5.74) is 2.08. The molecule has 0 aliphatic carbocycles. The average molecular weight is 273 g/mol. The van der Waals surface area contributed by atoms with E-state index in [1.54, 1.807) is 0 Å². The highest BCUT2D eigenvalue weighted by Crippen LogP contribution is 2.18. The second-order valence-corrected chi connectivity index (χ2v) is 4.98. The predicted octanol–water partition coefficient (Wildman–Crippen LogP) is 2.07. The number of nitrogens with zero attached hydrogens (tertiary/aromatic N) is 3. The van der Waals surface area contributed by atoms with Crippen molar-refractivity contribution >= 4 is 0 Å². The van der Waals surface area contributed by atoms with Crippen LogP contribution in [0.2, 0.25) is 0 Å². The number of aryl methyl sites for hydroxylation is 1. The lowest BCUT2D eigenvalue weighted by atomic mass is 10.2. The molecule has 1 aliphatic rings. The van der Waals surface area contributed by atoms with Crippen LogP contribution in [0, 0.1) is 6.92 Å². The Bertz CT molecular complexity index is 395. The van der Waals surface area contributed by atoms with E-state index in [0.717, 1.165) is 17.8 Å². The van der Waals surface area contributed by atoms with Gasteiger partial charge in [-0.05, 0) is 18.6 Å². The normalized spacial score (nSPS) is 18.7. The Labute approximate surface area is 111 Å². The molecule has 1 fully saturated rings. The lowest BCUT2D eigenvalue weighted by Crippen LogP contribution is -2.48. The lowest BCUT2D eigenvalue weighted by molar-refractivity contribution is -0.149. The van der Waals surface area contributed by atoms with E-state index in [9.17, 15) is 13.2 Å². The Morgan fingerprint density at radius 3 is 2.26 bits per heavy atom. The zero-order chi connectivity index (χ0) is 13.9. The standard InChI is InChI=1S/C13H18F3N3/c1-11-2-3-12(8-17-11)9-18-4-6-19(7-5-18)10-13(14,15)16/h2-3,8H,4-7,9-10H2,1H3. The van der Waals surface area contributed by atoms with Crippen molar-refractivity contribution in [2.75, 3.05) is 32.7 Å². The van der Waals surface area contributed by atoms with Crippen molar-refractivity contribution in [2.24, 2.45) is 0 Å². The van der Waals surface area contributed by atoms with Crippen molar-refractivity contribution in [1.29, 1.82) is 0 Å². The molecule has 2 rings (SSSR count). The van der Waals surface area contributed by atoms with E-state index in [4.69, 9.17) is 0 Å². The summed E-state index contributed by atoms with van der Waals surface area (Å²) in [6, 6.07) is 3.97. The fourth-order valence-corrected chi connectivity index (χ4v) is 2.21. The molecule has 0 saturated carbocycles. The molecule has 0 amide bonds. The van der Waals surface area contributed by atoms with Crippen LogP contribution < -0.4 is 0 Å². The first kappa shape index (κ1) is 14.3. The molecule has 0 aromatic carbocycles. The molecule has 0 bridgehead atoms. The first-order chi connectivity index (χ1) is 8.92. The Kier molecular flexibility index (Phi) is 4.42. The summed E-state index contributed by atoms with van der Waals surface area (Å²) in [6.07, 6.45) is -2.26. The number of alkyl halides is 3. The molecule has 6 heteroatoms. The van der Waals surface area contributed by atoms with Gasteiger partial charge >= 0.3 is 6.18 Å². The molecule has 3 nitrogen and oxygen atoms in total. The second kappa shape index (κ2) is 5.88. The van der Waals surface area contributed by atoms with Gasteiger partial charge in [-0.2, -0.15) is 13.2 Å². The van der Waals surface area contributed by atoms with Gasteiger partial charge < -0.3 is 0 Å². The number of rotatable bonds is 3. The molecule has 1 aromatic heterocycles. The smallest absolute Gasteiger partial charge is 0.296 e. The van der Waals surface area contributed by atoms with Gasteiger partial charge in [-0.15, -0.1) is 0 Å². The van der Waals surface area contributed by atoms with Crippen LogP contribution in [0.15, 0.2) is 18.3 Å².